The Morgan fingerprint density at radius 3 is 2.85 bits per heavy atom. The molecule has 5 heteroatoms. The molecule has 0 saturated carbocycles. The van der Waals surface area contributed by atoms with Gasteiger partial charge in [0.25, 0.3) is 0 Å². The molecule has 1 atom stereocenters. The van der Waals surface area contributed by atoms with Gasteiger partial charge in [-0.2, -0.15) is 0 Å². The number of anilines is 1. The van der Waals surface area contributed by atoms with Gasteiger partial charge in [-0.1, -0.05) is 0 Å². The molecular weight excluding hydrogens is 256 g/mol. The number of benzene rings is 1. The van der Waals surface area contributed by atoms with Gasteiger partial charge in [0, 0.05) is 24.7 Å². The maximum Gasteiger partial charge on any atom is 0.231 e. The minimum atomic E-state index is -0.639. The predicted octanol–water partition coefficient (Wildman–Crippen LogP) is 1.92. The predicted molar refractivity (Wildman–Crippen MR) is 75.3 cm³/mol. The number of β-amino-alcohol motifs (C(OH)–C–C–N with tert-alkyl or cyclic N) is 1. The van der Waals surface area contributed by atoms with Gasteiger partial charge in [-0.05, 0) is 36.9 Å². The van der Waals surface area contributed by atoms with Gasteiger partial charge in [-0.3, -0.25) is 0 Å². The number of hydrogen-bond donors (Lipinski definition) is 1. The zero-order valence-electron chi connectivity index (χ0n) is 11.3. The second kappa shape index (κ2) is 3.99. The quantitative estimate of drug-likeness (QED) is 0.859. The van der Waals surface area contributed by atoms with E-state index in [-0.39, 0.29) is 6.79 Å². The topological polar surface area (TPSA) is 54.8 Å². The zero-order chi connectivity index (χ0) is 13.7. The summed E-state index contributed by atoms with van der Waals surface area (Å²) in [5.74, 6) is 2.44. The van der Waals surface area contributed by atoms with E-state index in [1.807, 2.05) is 25.1 Å². The van der Waals surface area contributed by atoms with E-state index in [2.05, 4.69) is 9.88 Å². The lowest BCUT2D eigenvalue weighted by molar-refractivity contribution is 0.0839. The van der Waals surface area contributed by atoms with E-state index < -0.39 is 5.60 Å². The van der Waals surface area contributed by atoms with Crippen LogP contribution in [0.15, 0.2) is 24.4 Å². The lowest BCUT2D eigenvalue weighted by atomic mass is 10.1. The van der Waals surface area contributed by atoms with Crippen LogP contribution in [0.1, 0.15) is 13.3 Å². The summed E-state index contributed by atoms with van der Waals surface area (Å²) in [5, 5.41) is 12.3. The lowest BCUT2D eigenvalue weighted by Gasteiger charge is -2.21. The van der Waals surface area contributed by atoms with Crippen LogP contribution in [0.4, 0.5) is 5.82 Å². The Morgan fingerprint density at radius 1 is 1.30 bits per heavy atom. The van der Waals surface area contributed by atoms with Gasteiger partial charge in [0.1, 0.15) is 5.82 Å². The summed E-state index contributed by atoms with van der Waals surface area (Å²) in [7, 11) is 0. The van der Waals surface area contributed by atoms with Crippen molar-refractivity contribution in [2.75, 3.05) is 24.8 Å². The van der Waals surface area contributed by atoms with Crippen LogP contribution in [-0.2, 0) is 0 Å². The van der Waals surface area contributed by atoms with E-state index in [1.165, 1.54) is 0 Å². The summed E-state index contributed by atoms with van der Waals surface area (Å²) in [6, 6.07) is 5.93. The summed E-state index contributed by atoms with van der Waals surface area (Å²) in [5.41, 5.74) is -0.639. The highest BCUT2D eigenvalue weighted by molar-refractivity contribution is 5.94. The zero-order valence-corrected chi connectivity index (χ0v) is 11.3. The number of pyridine rings is 1. The van der Waals surface area contributed by atoms with Crippen molar-refractivity contribution in [3.05, 3.63) is 24.4 Å². The van der Waals surface area contributed by atoms with E-state index in [4.69, 9.17) is 9.47 Å². The smallest absolute Gasteiger partial charge is 0.231 e. The van der Waals surface area contributed by atoms with E-state index in [0.717, 1.165) is 41.1 Å². The third-order valence-corrected chi connectivity index (χ3v) is 3.99. The molecule has 0 aliphatic carbocycles. The highest BCUT2D eigenvalue weighted by Gasteiger charge is 2.32. The summed E-state index contributed by atoms with van der Waals surface area (Å²) in [4.78, 5) is 6.63. The minimum Gasteiger partial charge on any atom is -0.454 e. The normalized spacial score (nSPS) is 24.6. The molecule has 0 radical (unpaired) electrons. The van der Waals surface area contributed by atoms with E-state index in [9.17, 15) is 5.11 Å². The third-order valence-electron chi connectivity index (χ3n) is 3.99. The SMILES string of the molecule is CC1(O)CCN(c2nccc3cc4c(cc23)OCO4)C1. The standard InChI is InChI=1S/C15H16N2O3/c1-15(18)3-5-17(8-15)14-11-7-13-12(19-9-20-13)6-10(11)2-4-16-14/h2,4,6-7,18H,3,5,8-9H2,1H3. The van der Waals surface area contributed by atoms with Crippen molar-refractivity contribution in [3.8, 4) is 11.5 Å². The van der Waals surface area contributed by atoms with E-state index in [1.54, 1.807) is 6.20 Å². The Morgan fingerprint density at radius 2 is 2.10 bits per heavy atom. The van der Waals surface area contributed by atoms with Crippen LogP contribution in [0.25, 0.3) is 10.8 Å². The van der Waals surface area contributed by atoms with Crippen LogP contribution in [0.5, 0.6) is 11.5 Å². The number of fused-ring (bicyclic) bond motifs is 2. The average molecular weight is 272 g/mol. The minimum absolute atomic E-state index is 0.271. The fourth-order valence-corrected chi connectivity index (χ4v) is 2.92. The fourth-order valence-electron chi connectivity index (χ4n) is 2.92. The molecule has 4 rings (SSSR count). The molecule has 2 aromatic rings. The van der Waals surface area contributed by atoms with Crippen LogP contribution < -0.4 is 14.4 Å². The molecule has 1 saturated heterocycles. The molecule has 1 unspecified atom stereocenters. The van der Waals surface area contributed by atoms with Gasteiger partial charge in [0.05, 0.1) is 5.60 Å². The van der Waals surface area contributed by atoms with Crippen LogP contribution >= 0.6 is 0 Å². The Bertz CT molecular complexity index is 684. The Hall–Kier alpha value is -2.01. The van der Waals surface area contributed by atoms with Crippen molar-refractivity contribution in [1.82, 2.24) is 4.98 Å². The number of aliphatic hydroxyl groups is 1. The maximum atomic E-state index is 10.1. The summed E-state index contributed by atoms with van der Waals surface area (Å²) in [6.45, 7) is 3.56. The molecule has 1 N–H and O–H groups in total. The second-order valence-electron chi connectivity index (χ2n) is 5.73. The number of nitrogens with zero attached hydrogens (tertiary/aromatic N) is 2. The molecule has 5 nitrogen and oxygen atoms in total. The van der Waals surface area contributed by atoms with Crippen molar-refractivity contribution >= 4 is 16.6 Å². The molecule has 1 aromatic carbocycles. The summed E-state index contributed by atoms with van der Waals surface area (Å²) in [6.07, 6.45) is 2.56. The van der Waals surface area contributed by atoms with Gasteiger partial charge in [0.15, 0.2) is 11.5 Å². The van der Waals surface area contributed by atoms with Gasteiger partial charge < -0.3 is 19.5 Å². The molecule has 20 heavy (non-hydrogen) atoms. The first kappa shape index (κ1) is 11.8. The molecule has 3 heterocycles. The van der Waals surface area contributed by atoms with Crippen molar-refractivity contribution in [1.29, 1.82) is 0 Å². The fraction of sp³-hybridized carbons (Fsp3) is 0.400. The molecule has 104 valence electrons. The number of rotatable bonds is 1. The second-order valence-corrected chi connectivity index (χ2v) is 5.73. The third kappa shape index (κ3) is 1.78. The molecule has 1 fully saturated rings. The first-order chi connectivity index (χ1) is 9.62. The van der Waals surface area contributed by atoms with Gasteiger partial charge in [-0.25, -0.2) is 4.98 Å². The van der Waals surface area contributed by atoms with Crippen LogP contribution in [-0.4, -0.2) is 35.6 Å². The molecule has 0 bridgehead atoms. The maximum absolute atomic E-state index is 10.1. The van der Waals surface area contributed by atoms with Crippen molar-refractivity contribution < 1.29 is 14.6 Å². The summed E-state index contributed by atoms with van der Waals surface area (Å²) < 4.78 is 10.9. The molecule has 0 amide bonds. The molecule has 0 spiro atoms. The highest BCUT2D eigenvalue weighted by atomic mass is 16.7. The monoisotopic (exact) mass is 272 g/mol. The highest BCUT2D eigenvalue weighted by Crippen LogP contribution is 2.39. The van der Waals surface area contributed by atoms with Crippen LogP contribution in [0.2, 0.25) is 0 Å². The average Bonchev–Trinajstić information content (AvgIpc) is 3.01. The lowest BCUT2D eigenvalue weighted by Crippen LogP contribution is -2.30. The van der Waals surface area contributed by atoms with Crippen molar-refractivity contribution in [2.45, 2.75) is 18.9 Å². The Kier molecular flexibility index (Phi) is 2.35. The van der Waals surface area contributed by atoms with Crippen molar-refractivity contribution in [2.24, 2.45) is 0 Å². The number of hydrogen-bond acceptors (Lipinski definition) is 5. The Balaban J connectivity index is 1.84. The van der Waals surface area contributed by atoms with Crippen LogP contribution in [0, 0.1) is 0 Å². The largest absolute Gasteiger partial charge is 0.454 e. The summed E-state index contributed by atoms with van der Waals surface area (Å²) >= 11 is 0. The molecule has 2 aliphatic heterocycles. The van der Waals surface area contributed by atoms with Crippen LogP contribution in [0.3, 0.4) is 0 Å². The first-order valence-corrected chi connectivity index (χ1v) is 6.78. The van der Waals surface area contributed by atoms with Gasteiger partial charge >= 0.3 is 0 Å². The Labute approximate surface area is 116 Å². The van der Waals surface area contributed by atoms with E-state index >= 15 is 0 Å². The molecular formula is C15H16N2O3. The van der Waals surface area contributed by atoms with Gasteiger partial charge in [-0.15, -0.1) is 0 Å². The number of aromatic nitrogens is 1. The van der Waals surface area contributed by atoms with E-state index in [0.29, 0.717) is 6.54 Å². The molecule has 2 aliphatic rings. The number of ether oxygens (including phenoxy) is 2. The van der Waals surface area contributed by atoms with Crippen molar-refractivity contribution in [3.63, 3.8) is 0 Å². The molecule has 1 aromatic heterocycles. The van der Waals surface area contributed by atoms with Gasteiger partial charge in [0.2, 0.25) is 6.79 Å². The first-order valence-electron chi connectivity index (χ1n) is 6.78.